The molecule has 1 aliphatic rings. The second-order valence-corrected chi connectivity index (χ2v) is 5.55. The third-order valence-electron chi connectivity index (χ3n) is 3.97. The number of anilines is 1. The first-order chi connectivity index (χ1) is 10.6. The standard InChI is InChI=1S/C16H23N3O3/c1-2-15(21)19-14-5-3-4-11(6-14)16(22)18-9-12-7-17-8-13(12)10-20/h3-6,12-13,17,20H,2,7-10H2,1H3,(H,18,22)(H,19,21)/t12-,13-/m0/s1. The van der Waals surface area contributed by atoms with Crippen molar-refractivity contribution in [1.82, 2.24) is 10.6 Å². The third-order valence-corrected chi connectivity index (χ3v) is 3.97. The first kappa shape index (κ1) is 16.5. The molecule has 1 aromatic carbocycles. The van der Waals surface area contributed by atoms with Crippen molar-refractivity contribution >= 4 is 17.5 Å². The van der Waals surface area contributed by atoms with E-state index >= 15 is 0 Å². The van der Waals surface area contributed by atoms with Crippen LogP contribution in [0.1, 0.15) is 23.7 Å². The fraction of sp³-hybridized carbons (Fsp3) is 0.500. The smallest absolute Gasteiger partial charge is 0.251 e. The molecule has 0 unspecified atom stereocenters. The quantitative estimate of drug-likeness (QED) is 0.619. The number of amides is 2. The summed E-state index contributed by atoms with van der Waals surface area (Å²) in [4.78, 5) is 23.6. The topological polar surface area (TPSA) is 90.5 Å². The van der Waals surface area contributed by atoms with Crippen molar-refractivity contribution in [3.8, 4) is 0 Å². The molecule has 4 N–H and O–H groups in total. The Morgan fingerprint density at radius 2 is 2.09 bits per heavy atom. The third kappa shape index (κ3) is 4.29. The summed E-state index contributed by atoms with van der Waals surface area (Å²) in [5.41, 5.74) is 1.13. The van der Waals surface area contributed by atoms with Gasteiger partial charge in [0.1, 0.15) is 0 Å². The van der Waals surface area contributed by atoms with Gasteiger partial charge in [0.05, 0.1) is 0 Å². The van der Waals surface area contributed by atoms with Crippen molar-refractivity contribution in [1.29, 1.82) is 0 Å². The van der Waals surface area contributed by atoms with Gasteiger partial charge in [-0.3, -0.25) is 9.59 Å². The van der Waals surface area contributed by atoms with Crippen molar-refractivity contribution in [3.05, 3.63) is 29.8 Å². The van der Waals surface area contributed by atoms with Crippen LogP contribution in [-0.4, -0.2) is 43.2 Å². The van der Waals surface area contributed by atoms with Gasteiger partial charge in [0.25, 0.3) is 5.91 Å². The number of rotatable bonds is 6. The maximum atomic E-state index is 12.2. The first-order valence-electron chi connectivity index (χ1n) is 7.63. The van der Waals surface area contributed by atoms with Crippen LogP contribution in [0.4, 0.5) is 5.69 Å². The van der Waals surface area contributed by atoms with Crippen molar-refractivity contribution < 1.29 is 14.7 Å². The van der Waals surface area contributed by atoms with Crippen molar-refractivity contribution in [2.24, 2.45) is 11.8 Å². The summed E-state index contributed by atoms with van der Waals surface area (Å²) in [6.45, 7) is 4.03. The molecule has 2 atom stereocenters. The summed E-state index contributed by atoms with van der Waals surface area (Å²) in [5.74, 6) is 0.184. The van der Waals surface area contributed by atoms with Gasteiger partial charge in [-0.05, 0) is 24.1 Å². The molecule has 0 spiro atoms. The van der Waals surface area contributed by atoms with Crippen LogP contribution in [-0.2, 0) is 4.79 Å². The Morgan fingerprint density at radius 3 is 2.82 bits per heavy atom. The molecule has 1 heterocycles. The lowest BCUT2D eigenvalue weighted by atomic mass is 9.97. The van der Waals surface area contributed by atoms with Crippen LogP contribution < -0.4 is 16.0 Å². The van der Waals surface area contributed by atoms with Gasteiger partial charge in [-0.1, -0.05) is 13.0 Å². The summed E-state index contributed by atoms with van der Waals surface area (Å²) in [5, 5.41) is 18.1. The lowest BCUT2D eigenvalue weighted by molar-refractivity contribution is -0.115. The molecule has 1 fully saturated rings. The molecule has 0 radical (unpaired) electrons. The van der Waals surface area contributed by atoms with E-state index in [1.165, 1.54) is 0 Å². The molecule has 1 saturated heterocycles. The minimum absolute atomic E-state index is 0.0830. The Labute approximate surface area is 130 Å². The van der Waals surface area contributed by atoms with Gasteiger partial charge in [0.15, 0.2) is 0 Å². The second kappa shape index (κ2) is 7.91. The molecule has 6 heteroatoms. The Morgan fingerprint density at radius 1 is 1.32 bits per heavy atom. The largest absolute Gasteiger partial charge is 0.396 e. The molecule has 1 aromatic rings. The lowest BCUT2D eigenvalue weighted by Crippen LogP contribution is -2.33. The molecule has 120 valence electrons. The normalized spacial score (nSPS) is 20.6. The molecule has 2 amide bonds. The molecular formula is C16H23N3O3. The number of benzene rings is 1. The van der Waals surface area contributed by atoms with Crippen LogP contribution >= 0.6 is 0 Å². The predicted octanol–water partition coefficient (Wildman–Crippen LogP) is 0.593. The number of carbonyl (C=O) groups is 2. The maximum absolute atomic E-state index is 12.2. The zero-order valence-electron chi connectivity index (χ0n) is 12.8. The van der Waals surface area contributed by atoms with Crippen LogP contribution in [0.3, 0.4) is 0 Å². The Kier molecular flexibility index (Phi) is 5.91. The van der Waals surface area contributed by atoms with E-state index in [9.17, 15) is 14.7 Å². The number of aliphatic hydroxyl groups is 1. The molecule has 0 saturated carbocycles. The van der Waals surface area contributed by atoms with Crippen molar-refractivity contribution in [2.75, 3.05) is 31.6 Å². The highest BCUT2D eigenvalue weighted by Gasteiger charge is 2.26. The molecule has 0 aromatic heterocycles. The van der Waals surface area contributed by atoms with E-state index in [1.807, 2.05) is 0 Å². The van der Waals surface area contributed by atoms with Crippen LogP contribution in [0.25, 0.3) is 0 Å². The maximum Gasteiger partial charge on any atom is 0.251 e. The van der Waals surface area contributed by atoms with E-state index in [1.54, 1.807) is 31.2 Å². The fourth-order valence-corrected chi connectivity index (χ4v) is 2.55. The Bertz CT molecular complexity index is 533. The molecule has 22 heavy (non-hydrogen) atoms. The van der Waals surface area contributed by atoms with E-state index in [0.29, 0.717) is 24.2 Å². The summed E-state index contributed by atoms with van der Waals surface area (Å²) < 4.78 is 0. The first-order valence-corrected chi connectivity index (χ1v) is 7.63. The molecular weight excluding hydrogens is 282 g/mol. The van der Waals surface area contributed by atoms with E-state index in [-0.39, 0.29) is 30.3 Å². The molecule has 0 aliphatic carbocycles. The van der Waals surface area contributed by atoms with E-state index in [2.05, 4.69) is 16.0 Å². The highest BCUT2D eigenvalue weighted by Crippen LogP contribution is 2.16. The summed E-state index contributed by atoms with van der Waals surface area (Å²) in [6, 6.07) is 6.88. The molecule has 1 aliphatic heterocycles. The number of carbonyl (C=O) groups excluding carboxylic acids is 2. The zero-order valence-corrected chi connectivity index (χ0v) is 12.8. The highest BCUT2D eigenvalue weighted by atomic mass is 16.3. The van der Waals surface area contributed by atoms with Crippen LogP contribution in [0.2, 0.25) is 0 Å². The van der Waals surface area contributed by atoms with Crippen molar-refractivity contribution in [2.45, 2.75) is 13.3 Å². The van der Waals surface area contributed by atoms with E-state index in [0.717, 1.165) is 13.1 Å². The Balaban J connectivity index is 1.92. The SMILES string of the molecule is CCC(=O)Nc1cccc(C(=O)NC[C@@H]2CNC[C@H]2CO)c1. The van der Waals surface area contributed by atoms with Crippen molar-refractivity contribution in [3.63, 3.8) is 0 Å². The Hall–Kier alpha value is -1.92. The minimum atomic E-state index is -0.170. The van der Waals surface area contributed by atoms with E-state index in [4.69, 9.17) is 0 Å². The van der Waals surface area contributed by atoms with E-state index < -0.39 is 0 Å². The number of nitrogens with one attached hydrogen (secondary N) is 3. The number of hydrogen-bond donors (Lipinski definition) is 4. The monoisotopic (exact) mass is 305 g/mol. The zero-order chi connectivity index (χ0) is 15.9. The summed E-state index contributed by atoms with van der Waals surface area (Å²) in [7, 11) is 0. The predicted molar refractivity (Wildman–Crippen MR) is 84.6 cm³/mol. The fourth-order valence-electron chi connectivity index (χ4n) is 2.55. The van der Waals surface area contributed by atoms with Gasteiger partial charge < -0.3 is 21.1 Å². The van der Waals surface area contributed by atoms with Crippen LogP contribution in [0.5, 0.6) is 0 Å². The van der Waals surface area contributed by atoms with Gasteiger partial charge in [0.2, 0.25) is 5.91 Å². The lowest BCUT2D eigenvalue weighted by Gasteiger charge is -2.16. The average Bonchev–Trinajstić information content (AvgIpc) is 3.00. The van der Waals surface area contributed by atoms with Gasteiger partial charge >= 0.3 is 0 Å². The van der Waals surface area contributed by atoms with Gasteiger partial charge in [-0.2, -0.15) is 0 Å². The molecule has 2 rings (SSSR count). The van der Waals surface area contributed by atoms with Gasteiger partial charge in [0, 0.05) is 49.8 Å². The summed E-state index contributed by atoms with van der Waals surface area (Å²) in [6.07, 6.45) is 0.396. The highest BCUT2D eigenvalue weighted by molar-refractivity contribution is 5.97. The number of aliphatic hydroxyl groups excluding tert-OH is 1. The second-order valence-electron chi connectivity index (χ2n) is 5.55. The molecule has 6 nitrogen and oxygen atoms in total. The van der Waals surface area contributed by atoms with Crippen LogP contribution in [0, 0.1) is 11.8 Å². The minimum Gasteiger partial charge on any atom is -0.396 e. The van der Waals surface area contributed by atoms with Crippen LogP contribution in [0.15, 0.2) is 24.3 Å². The number of hydrogen-bond acceptors (Lipinski definition) is 4. The molecule has 0 bridgehead atoms. The van der Waals surface area contributed by atoms with Gasteiger partial charge in [-0.15, -0.1) is 0 Å². The summed E-state index contributed by atoms with van der Waals surface area (Å²) >= 11 is 0. The van der Waals surface area contributed by atoms with Gasteiger partial charge in [-0.25, -0.2) is 0 Å². The average molecular weight is 305 g/mol.